The van der Waals surface area contributed by atoms with Crippen molar-refractivity contribution >= 4 is 0 Å². The SMILES string of the molecule is COc1cc2c(cc1OC)C(Cc1ccc(Oc3ccc(CC4c5cc(OC)c(OC)cc5CC[N+]4(C)C)cc3)cc1)[N+](C)(C)CC2. The molecule has 47 heavy (non-hydrogen) atoms. The molecule has 4 aromatic carbocycles. The fraction of sp³-hybridized carbons (Fsp3) is 0.400. The van der Waals surface area contributed by atoms with Crippen LogP contribution in [-0.4, -0.2) is 78.7 Å². The summed E-state index contributed by atoms with van der Waals surface area (Å²) >= 11 is 0. The van der Waals surface area contributed by atoms with E-state index in [0.717, 1.165) is 82.2 Å². The van der Waals surface area contributed by atoms with Crippen molar-refractivity contribution in [1.82, 2.24) is 0 Å². The van der Waals surface area contributed by atoms with Gasteiger partial charge in [-0.1, -0.05) is 24.3 Å². The van der Waals surface area contributed by atoms with Crippen molar-refractivity contribution in [2.75, 3.05) is 69.7 Å². The van der Waals surface area contributed by atoms with E-state index in [0.29, 0.717) is 12.1 Å². The summed E-state index contributed by atoms with van der Waals surface area (Å²) in [6.07, 6.45) is 3.92. The van der Waals surface area contributed by atoms with Gasteiger partial charge in [0.1, 0.15) is 23.6 Å². The molecule has 0 fully saturated rings. The molecule has 2 aliphatic rings. The molecule has 0 bridgehead atoms. The minimum Gasteiger partial charge on any atom is -0.493 e. The van der Waals surface area contributed by atoms with Crippen LogP contribution in [-0.2, 0) is 25.7 Å². The summed E-state index contributed by atoms with van der Waals surface area (Å²) < 4.78 is 30.7. The van der Waals surface area contributed by atoms with Gasteiger partial charge in [-0.25, -0.2) is 0 Å². The minimum absolute atomic E-state index is 0.320. The summed E-state index contributed by atoms with van der Waals surface area (Å²) in [7, 11) is 16.1. The third-order valence-corrected chi connectivity index (χ3v) is 10.6. The minimum atomic E-state index is 0.320. The highest BCUT2D eigenvalue weighted by atomic mass is 16.5. The molecule has 248 valence electrons. The second kappa shape index (κ2) is 13.1. The molecule has 7 nitrogen and oxygen atoms in total. The van der Waals surface area contributed by atoms with Crippen LogP contribution in [0.15, 0.2) is 72.8 Å². The van der Waals surface area contributed by atoms with Crippen molar-refractivity contribution in [3.63, 3.8) is 0 Å². The van der Waals surface area contributed by atoms with Crippen molar-refractivity contribution in [3.8, 4) is 34.5 Å². The zero-order chi connectivity index (χ0) is 33.3. The largest absolute Gasteiger partial charge is 0.493 e. The molecular weight excluding hydrogens is 588 g/mol. The molecule has 4 aromatic rings. The van der Waals surface area contributed by atoms with E-state index in [1.807, 2.05) is 0 Å². The Kier molecular flexibility index (Phi) is 9.14. The molecule has 0 N–H and O–H groups in total. The molecule has 0 spiro atoms. The highest BCUT2D eigenvalue weighted by Crippen LogP contribution is 2.43. The van der Waals surface area contributed by atoms with Crippen LogP contribution in [0.5, 0.6) is 34.5 Å². The summed E-state index contributed by atoms with van der Waals surface area (Å²) in [4.78, 5) is 0. The molecule has 0 radical (unpaired) electrons. The normalized spacial score (nSPS) is 19.2. The molecule has 0 saturated carbocycles. The van der Waals surface area contributed by atoms with Crippen LogP contribution in [0.4, 0.5) is 0 Å². The van der Waals surface area contributed by atoms with Gasteiger partial charge in [0.05, 0.1) is 69.7 Å². The third-order valence-electron chi connectivity index (χ3n) is 10.6. The maximum Gasteiger partial charge on any atom is 0.161 e. The van der Waals surface area contributed by atoms with Gasteiger partial charge >= 0.3 is 0 Å². The number of likely N-dealkylation sites (N-methyl/N-ethyl adjacent to an activating group) is 2. The Labute approximate surface area is 280 Å². The van der Waals surface area contributed by atoms with Crippen LogP contribution >= 0.6 is 0 Å². The van der Waals surface area contributed by atoms with Crippen molar-refractivity contribution in [3.05, 3.63) is 106 Å². The van der Waals surface area contributed by atoms with E-state index in [9.17, 15) is 0 Å². The van der Waals surface area contributed by atoms with Crippen molar-refractivity contribution in [2.24, 2.45) is 0 Å². The maximum atomic E-state index is 6.31. The zero-order valence-electron chi connectivity index (χ0n) is 29.3. The molecular formula is C40H50N2O5+2. The van der Waals surface area contributed by atoms with E-state index >= 15 is 0 Å². The van der Waals surface area contributed by atoms with Gasteiger partial charge < -0.3 is 32.7 Å². The predicted octanol–water partition coefficient (Wildman–Crippen LogP) is 7.35. The number of methoxy groups -OCH3 is 4. The van der Waals surface area contributed by atoms with E-state index in [1.165, 1.54) is 33.4 Å². The van der Waals surface area contributed by atoms with E-state index in [2.05, 4.69) is 101 Å². The Morgan fingerprint density at radius 1 is 0.511 bits per heavy atom. The Balaban J connectivity index is 1.15. The second-order valence-corrected chi connectivity index (χ2v) is 14.1. The Morgan fingerprint density at radius 2 is 0.851 bits per heavy atom. The highest BCUT2D eigenvalue weighted by molar-refractivity contribution is 5.50. The first-order valence-electron chi connectivity index (χ1n) is 16.6. The van der Waals surface area contributed by atoms with Crippen LogP contribution in [0.2, 0.25) is 0 Å². The number of hydrogen-bond acceptors (Lipinski definition) is 5. The molecule has 0 aliphatic carbocycles. The summed E-state index contributed by atoms with van der Waals surface area (Å²) in [5, 5.41) is 0. The number of rotatable bonds is 10. The Morgan fingerprint density at radius 3 is 1.19 bits per heavy atom. The molecule has 2 atom stereocenters. The van der Waals surface area contributed by atoms with Gasteiger partial charge in [-0.3, -0.25) is 0 Å². The molecule has 0 saturated heterocycles. The van der Waals surface area contributed by atoms with E-state index in [-0.39, 0.29) is 0 Å². The highest BCUT2D eigenvalue weighted by Gasteiger charge is 2.38. The average Bonchev–Trinajstić information content (AvgIpc) is 3.07. The molecule has 0 amide bonds. The number of fused-ring (bicyclic) bond motifs is 2. The molecule has 2 unspecified atom stereocenters. The smallest absolute Gasteiger partial charge is 0.161 e. The lowest BCUT2D eigenvalue weighted by atomic mass is 9.87. The summed E-state index contributed by atoms with van der Waals surface area (Å²) in [6.45, 7) is 2.16. The summed E-state index contributed by atoms with van der Waals surface area (Å²) in [6, 6.07) is 26.4. The lowest BCUT2D eigenvalue weighted by Gasteiger charge is -2.43. The first kappa shape index (κ1) is 32.7. The van der Waals surface area contributed by atoms with Crippen molar-refractivity contribution in [2.45, 2.75) is 37.8 Å². The van der Waals surface area contributed by atoms with Gasteiger partial charge in [0.2, 0.25) is 0 Å². The van der Waals surface area contributed by atoms with Gasteiger partial charge in [0.25, 0.3) is 0 Å². The molecule has 7 heteroatoms. The number of ether oxygens (including phenoxy) is 5. The Bertz CT molecular complexity index is 1590. The molecule has 2 aliphatic heterocycles. The van der Waals surface area contributed by atoms with E-state index in [1.54, 1.807) is 28.4 Å². The topological polar surface area (TPSA) is 46.2 Å². The van der Waals surface area contributed by atoms with Crippen LogP contribution in [0.25, 0.3) is 0 Å². The van der Waals surface area contributed by atoms with E-state index in [4.69, 9.17) is 23.7 Å². The first-order chi connectivity index (χ1) is 22.5. The molecule has 0 aromatic heterocycles. The summed E-state index contributed by atoms with van der Waals surface area (Å²) in [5.41, 5.74) is 7.96. The quantitative estimate of drug-likeness (QED) is 0.170. The van der Waals surface area contributed by atoms with Crippen LogP contribution in [0, 0.1) is 0 Å². The maximum absolute atomic E-state index is 6.31. The van der Waals surface area contributed by atoms with Crippen LogP contribution in [0.1, 0.15) is 45.5 Å². The Hall–Kier alpha value is -4.20. The first-order valence-corrected chi connectivity index (χ1v) is 16.6. The van der Waals surface area contributed by atoms with Crippen LogP contribution in [0.3, 0.4) is 0 Å². The van der Waals surface area contributed by atoms with Gasteiger partial charge in [-0.2, -0.15) is 0 Å². The van der Waals surface area contributed by atoms with Gasteiger partial charge in [0.15, 0.2) is 23.0 Å². The van der Waals surface area contributed by atoms with Gasteiger partial charge in [0, 0.05) is 36.8 Å². The lowest BCUT2D eigenvalue weighted by molar-refractivity contribution is -0.923. The van der Waals surface area contributed by atoms with Crippen LogP contribution < -0.4 is 23.7 Å². The fourth-order valence-electron chi connectivity index (χ4n) is 7.49. The fourth-order valence-corrected chi connectivity index (χ4v) is 7.49. The number of benzene rings is 4. The van der Waals surface area contributed by atoms with Gasteiger partial charge in [-0.15, -0.1) is 0 Å². The standard InChI is InChI=1S/C40H50N2O5/c1-41(2)19-17-29-23-37(43-5)39(45-7)25-33(29)35(41)21-27-9-13-31(14-10-27)47-32-15-11-28(12-16-32)22-36-34-26-40(46-8)38(44-6)24-30(34)18-20-42(36,3)4/h9-16,23-26,35-36H,17-22H2,1-8H3/q+2. The molecule has 6 rings (SSSR count). The monoisotopic (exact) mass is 638 g/mol. The average molecular weight is 639 g/mol. The third kappa shape index (κ3) is 6.65. The molecule has 2 heterocycles. The van der Waals surface area contributed by atoms with Crippen molar-refractivity contribution in [1.29, 1.82) is 0 Å². The zero-order valence-corrected chi connectivity index (χ0v) is 29.3. The van der Waals surface area contributed by atoms with Crippen molar-refractivity contribution < 1.29 is 32.7 Å². The van der Waals surface area contributed by atoms with E-state index < -0.39 is 0 Å². The predicted molar refractivity (Wildman–Crippen MR) is 186 cm³/mol. The lowest BCUT2D eigenvalue weighted by Crippen LogP contribution is -2.48. The summed E-state index contributed by atoms with van der Waals surface area (Å²) in [5.74, 6) is 4.86. The number of nitrogens with zero attached hydrogens (tertiary/aromatic N) is 2. The van der Waals surface area contributed by atoms with Gasteiger partial charge in [-0.05, 0) is 70.8 Å². The second-order valence-electron chi connectivity index (χ2n) is 14.1. The number of quaternary nitrogens is 2. The number of hydrogen-bond donors (Lipinski definition) is 0.